The third kappa shape index (κ3) is 3.58. The van der Waals surface area contributed by atoms with Crippen LogP contribution in [0.4, 0.5) is 5.69 Å². The lowest BCUT2D eigenvalue weighted by Crippen LogP contribution is -2.07. The molecule has 0 radical (unpaired) electrons. The van der Waals surface area contributed by atoms with Crippen molar-refractivity contribution in [1.29, 1.82) is 0 Å². The SMILES string of the molecule is COCC(=O)CCc1cccc(N)c1. The topological polar surface area (TPSA) is 52.3 Å². The van der Waals surface area contributed by atoms with E-state index in [-0.39, 0.29) is 12.4 Å². The van der Waals surface area contributed by atoms with E-state index in [0.29, 0.717) is 6.42 Å². The zero-order valence-electron chi connectivity index (χ0n) is 8.32. The fourth-order valence-electron chi connectivity index (χ4n) is 1.27. The lowest BCUT2D eigenvalue weighted by Gasteiger charge is -2.01. The van der Waals surface area contributed by atoms with Gasteiger partial charge in [0.2, 0.25) is 0 Å². The maximum absolute atomic E-state index is 11.1. The summed E-state index contributed by atoms with van der Waals surface area (Å²) in [6, 6.07) is 7.59. The van der Waals surface area contributed by atoms with Gasteiger partial charge in [-0.3, -0.25) is 4.79 Å². The average Bonchev–Trinajstić information content (AvgIpc) is 2.15. The van der Waals surface area contributed by atoms with Crippen LogP contribution >= 0.6 is 0 Å². The van der Waals surface area contributed by atoms with E-state index in [9.17, 15) is 4.79 Å². The van der Waals surface area contributed by atoms with Gasteiger partial charge < -0.3 is 10.5 Å². The first-order chi connectivity index (χ1) is 6.72. The molecule has 1 aromatic carbocycles. The molecule has 0 aliphatic rings. The zero-order chi connectivity index (χ0) is 10.4. The second kappa shape index (κ2) is 5.40. The summed E-state index contributed by atoms with van der Waals surface area (Å²) in [4.78, 5) is 11.1. The molecule has 1 rings (SSSR count). The number of rotatable bonds is 5. The monoisotopic (exact) mass is 193 g/mol. The standard InChI is InChI=1S/C11H15NO2/c1-14-8-11(13)6-5-9-3-2-4-10(12)7-9/h2-4,7H,5-6,8,12H2,1H3. The van der Waals surface area contributed by atoms with Crippen molar-refractivity contribution < 1.29 is 9.53 Å². The Bertz CT molecular complexity index is 310. The Kier molecular flexibility index (Phi) is 4.13. The Hall–Kier alpha value is -1.35. The summed E-state index contributed by atoms with van der Waals surface area (Å²) in [5.41, 5.74) is 7.44. The summed E-state index contributed by atoms with van der Waals surface area (Å²) in [6.45, 7) is 0.197. The smallest absolute Gasteiger partial charge is 0.158 e. The highest BCUT2D eigenvalue weighted by Gasteiger charge is 2.01. The average molecular weight is 193 g/mol. The Labute approximate surface area is 83.9 Å². The van der Waals surface area contributed by atoms with Gasteiger partial charge in [-0.05, 0) is 24.1 Å². The summed E-state index contributed by atoms with van der Waals surface area (Å²) in [6.07, 6.45) is 1.24. The van der Waals surface area contributed by atoms with Crippen LogP contribution in [0.25, 0.3) is 0 Å². The van der Waals surface area contributed by atoms with Crippen molar-refractivity contribution in [3.8, 4) is 0 Å². The van der Waals surface area contributed by atoms with E-state index in [4.69, 9.17) is 10.5 Å². The van der Waals surface area contributed by atoms with Crippen LogP contribution in [0.15, 0.2) is 24.3 Å². The van der Waals surface area contributed by atoms with Crippen molar-refractivity contribution in [2.24, 2.45) is 0 Å². The molecule has 2 N–H and O–H groups in total. The van der Waals surface area contributed by atoms with Gasteiger partial charge in [-0.2, -0.15) is 0 Å². The molecule has 0 aromatic heterocycles. The predicted octanol–water partition coefficient (Wildman–Crippen LogP) is 1.42. The van der Waals surface area contributed by atoms with Gasteiger partial charge in [-0.1, -0.05) is 12.1 Å². The minimum atomic E-state index is 0.120. The Morgan fingerprint density at radius 1 is 1.50 bits per heavy atom. The molecule has 0 unspecified atom stereocenters. The van der Waals surface area contributed by atoms with E-state index < -0.39 is 0 Å². The number of ketones is 1. The fourth-order valence-corrected chi connectivity index (χ4v) is 1.27. The largest absolute Gasteiger partial charge is 0.399 e. The number of nitrogens with two attached hydrogens (primary N) is 1. The van der Waals surface area contributed by atoms with E-state index >= 15 is 0 Å². The summed E-state index contributed by atoms with van der Waals surface area (Å²) in [5, 5.41) is 0. The first kappa shape index (κ1) is 10.7. The van der Waals surface area contributed by atoms with Crippen LogP contribution in [0.1, 0.15) is 12.0 Å². The van der Waals surface area contributed by atoms with Gasteiger partial charge in [0.25, 0.3) is 0 Å². The maximum atomic E-state index is 11.1. The number of nitrogen functional groups attached to an aromatic ring is 1. The van der Waals surface area contributed by atoms with Crippen molar-refractivity contribution >= 4 is 11.5 Å². The lowest BCUT2D eigenvalue weighted by atomic mass is 10.1. The van der Waals surface area contributed by atoms with Crippen LogP contribution in [0.5, 0.6) is 0 Å². The molecule has 0 amide bonds. The van der Waals surface area contributed by atoms with Crippen LogP contribution in [-0.2, 0) is 16.0 Å². The van der Waals surface area contributed by atoms with Gasteiger partial charge in [-0.25, -0.2) is 0 Å². The molecule has 0 bridgehead atoms. The minimum Gasteiger partial charge on any atom is -0.399 e. The Morgan fingerprint density at radius 2 is 2.29 bits per heavy atom. The minimum absolute atomic E-state index is 0.120. The highest BCUT2D eigenvalue weighted by molar-refractivity contribution is 5.79. The lowest BCUT2D eigenvalue weighted by molar-refractivity contribution is -0.122. The number of methoxy groups -OCH3 is 1. The summed E-state index contributed by atoms with van der Waals surface area (Å²) in [7, 11) is 1.53. The second-order valence-corrected chi connectivity index (χ2v) is 3.22. The van der Waals surface area contributed by atoms with Crippen LogP contribution in [-0.4, -0.2) is 19.5 Å². The van der Waals surface area contributed by atoms with Crippen LogP contribution in [0.3, 0.4) is 0 Å². The molecule has 0 atom stereocenters. The molecule has 0 spiro atoms. The first-order valence-corrected chi connectivity index (χ1v) is 4.57. The molecular weight excluding hydrogens is 178 g/mol. The second-order valence-electron chi connectivity index (χ2n) is 3.22. The highest BCUT2D eigenvalue weighted by Crippen LogP contribution is 2.08. The number of anilines is 1. The van der Waals surface area contributed by atoms with E-state index in [1.165, 1.54) is 7.11 Å². The summed E-state index contributed by atoms with van der Waals surface area (Å²) >= 11 is 0. The zero-order valence-corrected chi connectivity index (χ0v) is 8.32. The first-order valence-electron chi connectivity index (χ1n) is 4.57. The van der Waals surface area contributed by atoms with Gasteiger partial charge in [0.15, 0.2) is 5.78 Å². The third-order valence-corrected chi connectivity index (χ3v) is 1.95. The molecule has 14 heavy (non-hydrogen) atoms. The molecule has 0 aliphatic carbocycles. The quantitative estimate of drug-likeness (QED) is 0.719. The predicted molar refractivity (Wildman–Crippen MR) is 56.1 cm³/mol. The molecule has 0 saturated carbocycles. The van der Waals surface area contributed by atoms with Gasteiger partial charge in [0.1, 0.15) is 6.61 Å². The molecule has 0 aliphatic heterocycles. The van der Waals surface area contributed by atoms with E-state index in [1.807, 2.05) is 24.3 Å². The third-order valence-electron chi connectivity index (χ3n) is 1.95. The molecular formula is C11H15NO2. The normalized spacial score (nSPS) is 10.1. The Balaban J connectivity index is 2.41. The number of hydrogen-bond donors (Lipinski definition) is 1. The van der Waals surface area contributed by atoms with Crippen LogP contribution in [0.2, 0.25) is 0 Å². The van der Waals surface area contributed by atoms with Crippen molar-refractivity contribution in [2.45, 2.75) is 12.8 Å². The molecule has 76 valence electrons. The highest BCUT2D eigenvalue weighted by atomic mass is 16.5. The van der Waals surface area contributed by atoms with E-state index in [2.05, 4.69) is 0 Å². The number of carbonyl (C=O) groups excluding carboxylic acids is 1. The fraction of sp³-hybridized carbons (Fsp3) is 0.364. The molecule has 0 saturated heterocycles. The van der Waals surface area contributed by atoms with Crippen molar-refractivity contribution in [3.05, 3.63) is 29.8 Å². The van der Waals surface area contributed by atoms with Gasteiger partial charge >= 0.3 is 0 Å². The summed E-state index contributed by atoms with van der Waals surface area (Å²) in [5.74, 6) is 0.120. The van der Waals surface area contributed by atoms with Crippen molar-refractivity contribution in [1.82, 2.24) is 0 Å². The van der Waals surface area contributed by atoms with Crippen LogP contribution in [0, 0.1) is 0 Å². The van der Waals surface area contributed by atoms with Gasteiger partial charge in [0.05, 0.1) is 0 Å². The number of ether oxygens (including phenoxy) is 1. The molecule has 3 heteroatoms. The molecule has 3 nitrogen and oxygen atoms in total. The summed E-state index contributed by atoms with van der Waals surface area (Å²) < 4.78 is 4.74. The maximum Gasteiger partial charge on any atom is 0.158 e. The van der Waals surface area contributed by atoms with E-state index in [1.54, 1.807) is 0 Å². The number of benzene rings is 1. The number of carbonyl (C=O) groups is 1. The van der Waals surface area contributed by atoms with Crippen LogP contribution < -0.4 is 5.73 Å². The number of Topliss-reactive ketones (excluding diaryl/α,β-unsaturated/α-hetero) is 1. The van der Waals surface area contributed by atoms with Gasteiger partial charge in [0, 0.05) is 19.2 Å². The van der Waals surface area contributed by atoms with Gasteiger partial charge in [-0.15, -0.1) is 0 Å². The molecule has 0 heterocycles. The molecule has 1 aromatic rings. The number of hydrogen-bond acceptors (Lipinski definition) is 3. The molecule has 0 fully saturated rings. The van der Waals surface area contributed by atoms with Crippen molar-refractivity contribution in [3.63, 3.8) is 0 Å². The Morgan fingerprint density at radius 3 is 2.93 bits per heavy atom. The van der Waals surface area contributed by atoms with E-state index in [0.717, 1.165) is 17.7 Å². The van der Waals surface area contributed by atoms with Crippen molar-refractivity contribution in [2.75, 3.05) is 19.5 Å². The number of aryl methyl sites for hydroxylation is 1.